The number of benzene rings is 4. The van der Waals surface area contributed by atoms with E-state index >= 15 is 0 Å². The minimum absolute atomic E-state index is 0.119. The molecule has 2 N–H and O–H groups in total. The third-order valence-electron chi connectivity index (χ3n) is 8.48. The lowest BCUT2D eigenvalue weighted by Crippen LogP contribution is -2.11. The van der Waals surface area contributed by atoms with Gasteiger partial charge in [0.05, 0.1) is 0 Å². The molecule has 4 aromatic carbocycles. The summed E-state index contributed by atoms with van der Waals surface area (Å²) in [4.78, 5) is 47.2. The second-order valence-electron chi connectivity index (χ2n) is 11.7. The molecule has 0 saturated heterocycles. The van der Waals surface area contributed by atoms with E-state index in [0.717, 1.165) is 85.5 Å². The van der Waals surface area contributed by atoms with Crippen LogP contribution in [0.25, 0.3) is 11.1 Å². The number of rotatable bonds is 14. The first-order chi connectivity index (χ1) is 22.5. The minimum Gasteiger partial charge on any atom is -0.478 e. The van der Waals surface area contributed by atoms with E-state index < -0.39 is 11.9 Å². The van der Waals surface area contributed by atoms with Crippen molar-refractivity contribution in [3.8, 4) is 11.1 Å². The number of carbonyl (C=O) groups excluding carboxylic acids is 2. The lowest BCUT2D eigenvalue weighted by atomic mass is 9.79. The SMILES string of the molecule is CCc1cc(C(c2ccc(-c3ccccc3)cc2)c2cc(C)c(CC(=O)/C=C/C(=O)O)c(CC)c2)cc(C)c1CC(=O)/C=C/C(=O)O. The summed E-state index contributed by atoms with van der Waals surface area (Å²) in [5.74, 6) is -3.00. The van der Waals surface area contributed by atoms with Crippen LogP contribution in [0.4, 0.5) is 0 Å². The molecule has 0 aromatic heterocycles. The fraction of sp³-hybridized carbons (Fsp3) is 0.220. The Bertz CT molecular complexity index is 1750. The molecule has 4 rings (SSSR count). The van der Waals surface area contributed by atoms with Gasteiger partial charge in [-0.2, -0.15) is 0 Å². The van der Waals surface area contributed by atoms with Gasteiger partial charge in [0.1, 0.15) is 0 Å². The first-order valence-corrected chi connectivity index (χ1v) is 15.8. The van der Waals surface area contributed by atoms with Crippen LogP contribution in [0.3, 0.4) is 0 Å². The minimum atomic E-state index is -1.16. The summed E-state index contributed by atoms with van der Waals surface area (Å²) < 4.78 is 0. The summed E-state index contributed by atoms with van der Waals surface area (Å²) in [6.45, 7) is 8.08. The molecule has 0 atom stereocenters. The Morgan fingerprint density at radius 2 is 1.00 bits per heavy atom. The lowest BCUT2D eigenvalue weighted by molar-refractivity contribution is -0.132. The van der Waals surface area contributed by atoms with Crippen LogP contribution >= 0.6 is 0 Å². The number of carbonyl (C=O) groups is 4. The first kappa shape index (κ1) is 34.5. The summed E-state index contributed by atoms with van der Waals surface area (Å²) in [6, 6.07) is 27.3. The van der Waals surface area contributed by atoms with Crippen LogP contribution in [0.15, 0.2) is 103 Å². The normalized spacial score (nSPS) is 11.4. The predicted octanol–water partition coefficient (Wildman–Crippen LogP) is 7.78. The molecule has 0 spiro atoms. The number of allylic oxidation sites excluding steroid dienone is 2. The van der Waals surface area contributed by atoms with E-state index in [9.17, 15) is 19.2 Å². The quantitative estimate of drug-likeness (QED) is 0.109. The maximum Gasteiger partial charge on any atom is 0.328 e. The molecular formula is C41H40O6. The number of aliphatic carboxylic acids is 2. The molecule has 47 heavy (non-hydrogen) atoms. The van der Waals surface area contributed by atoms with Crippen LogP contribution in [0, 0.1) is 13.8 Å². The molecule has 4 aromatic rings. The van der Waals surface area contributed by atoms with E-state index in [1.165, 1.54) is 0 Å². The van der Waals surface area contributed by atoms with Gasteiger partial charge in [0.2, 0.25) is 0 Å². The van der Waals surface area contributed by atoms with Crippen molar-refractivity contribution in [3.63, 3.8) is 0 Å². The summed E-state index contributed by atoms with van der Waals surface area (Å²) in [7, 11) is 0. The van der Waals surface area contributed by atoms with Crippen molar-refractivity contribution in [1.82, 2.24) is 0 Å². The fourth-order valence-corrected chi connectivity index (χ4v) is 6.18. The maximum absolute atomic E-state index is 12.6. The summed E-state index contributed by atoms with van der Waals surface area (Å²) >= 11 is 0. The van der Waals surface area contributed by atoms with E-state index in [4.69, 9.17) is 10.2 Å². The highest BCUT2D eigenvalue weighted by Crippen LogP contribution is 2.37. The smallest absolute Gasteiger partial charge is 0.328 e. The molecular weight excluding hydrogens is 588 g/mol. The molecule has 6 nitrogen and oxygen atoms in total. The Morgan fingerprint density at radius 3 is 1.40 bits per heavy atom. The van der Waals surface area contributed by atoms with Crippen molar-refractivity contribution < 1.29 is 29.4 Å². The Hall–Kier alpha value is -5.36. The van der Waals surface area contributed by atoms with E-state index in [1.807, 2.05) is 45.9 Å². The molecule has 0 fully saturated rings. The molecule has 0 heterocycles. The van der Waals surface area contributed by atoms with Gasteiger partial charge in [0, 0.05) is 30.9 Å². The average molecular weight is 629 g/mol. The molecule has 0 aliphatic heterocycles. The van der Waals surface area contributed by atoms with Crippen molar-refractivity contribution in [2.75, 3.05) is 0 Å². The number of carboxylic acids is 2. The number of ketones is 2. The molecule has 0 bridgehead atoms. The van der Waals surface area contributed by atoms with Crippen molar-refractivity contribution in [1.29, 1.82) is 0 Å². The molecule has 0 aliphatic carbocycles. The zero-order valence-corrected chi connectivity index (χ0v) is 27.2. The van der Waals surface area contributed by atoms with Gasteiger partial charge in [-0.15, -0.1) is 0 Å². The highest BCUT2D eigenvalue weighted by atomic mass is 16.4. The van der Waals surface area contributed by atoms with Gasteiger partial charge in [-0.05, 0) is 100 Å². The standard InChI is InChI=1S/C41H40O6/c1-5-28-22-33(20-26(3)37(28)24-35(42)16-18-39(44)45)41(32-14-12-31(13-15-32)30-10-8-7-9-11-30)34-21-27(4)38(29(6-2)23-34)25-36(43)17-19-40(46)47/h7-23,41H,5-6,24-25H2,1-4H3,(H,44,45)(H,46,47)/b18-16+,19-17+. The third-order valence-corrected chi connectivity index (χ3v) is 8.48. The fourth-order valence-electron chi connectivity index (χ4n) is 6.18. The van der Waals surface area contributed by atoms with Gasteiger partial charge in [-0.3, -0.25) is 9.59 Å². The molecule has 0 unspecified atom stereocenters. The topological polar surface area (TPSA) is 109 Å². The summed E-state index contributed by atoms with van der Waals surface area (Å²) in [5.41, 5.74) is 11.3. The van der Waals surface area contributed by atoms with Gasteiger partial charge in [-0.1, -0.05) is 92.7 Å². The third kappa shape index (κ3) is 8.88. The Labute approximate surface area is 276 Å². The van der Waals surface area contributed by atoms with E-state index in [1.54, 1.807) is 0 Å². The monoisotopic (exact) mass is 628 g/mol. The molecule has 0 aliphatic rings. The van der Waals surface area contributed by atoms with E-state index in [0.29, 0.717) is 12.8 Å². The van der Waals surface area contributed by atoms with Crippen molar-refractivity contribution in [2.24, 2.45) is 0 Å². The highest BCUT2D eigenvalue weighted by molar-refractivity contribution is 5.97. The van der Waals surface area contributed by atoms with Crippen LogP contribution in [0.1, 0.15) is 69.8 Å². The van der Waals surface area contributed by atoms with Crippen LogP contribution in [-0.4, -0.2) is 33.7 Å². The number of carboxylic acid groups (broad SMARTS) is 2. The molecule has 6 heteroatoms. The molecule has 0 saturated carbocycles. The molecule has 0 radical (unpaired) electrons. The highest BCUT2D eigenvalue weighted by Gasteiger charge is 2.22. The molecule has 240 valence electrons. The zero-order valence-electron chi connectivity index (χ0n) is 27.2. The Morgan fingerprint density at radius 1 is 0.574 bits per heavy atom. The van der Waals surface area contributed by atoms with Crippen molar-refractivity contribution >= 4 is 23.5 Å². The van der Waals surface area contributed by atoms with Crippen LogP contribution in [-0.2, 0) is 44.9 Å². The lowest BCUT2D eigenvalue weighted by Gasteiger charge is -2.24. The number of hydrogen-bond acceptors (Lipinski definition) is 4. The predicted molar refractivity (Wildman–Crippen MR) is 185 cm³/mol. The average Bonchev–Trinajstić information content (AvgIpc) is 3.05. The number of aryl methyl sites for hydroxylation is 4. The van der Waals surface area contributed by atoms with Gasteiger partial charge in [0.25, 0.3) is 0 Å². The van der Waals surface area contributed by atoms with Gasteiger partial charge in [0.15, 0.2) is 11.6 Å². The van der Waals surface area contributed by atoms with Crippen molar-refractivity contribution in [3.05, 3.63) is 153 Å². The first-order valence-electron chi connectivity index (χ1n) is 15.8. The second kappa shape index (κ2) is 15.8. The van der Waals surface area contributed by atoms with Crippen LogP contribution < -0.4 is 0 Å². The maximum atomic E-state index is 12.6. The van der Waals surface area contributed by atoms with Gasteiger partial charge < -0.3 is 10.2 Å². The van der Waals surface area contributed by atoms with Crippen LogP contribution in [0.2, 0.25) is 0 Å². The summed E-state index contributed by atoms with van der Waals surface area (Å²) in [6.07, 6.45) is 5.62. The molecule has 0 amide bonds. The Kier molecular flexibility index (Phi) is 11.6. The van der Waals surface area contributed by atoms with Crippen molar-refractivity contribution in [2.45, 2.75) is 59.3 Å². The zero-order chi connectivity index (χ0) is 34.1. The summed E-state index contributed by atoms with van der Waals surface area (Å²) in [5, 5.41) is 17.9. The number of hydrogen-bond donors (Lipinski definition) is 2. The van der Waals surface area contributed by atoms with Gasteiger partial charge >= 0.3 is 11.9 Å². The van der Waals surface area contributed by atoms with E-state index in [2.05, 4.69) is 60.7 Å². The Balaban J connectivity index is 1.85. The van der Waals surface area contributed by atoms with Gasteiger partial charge in [-0.25, -0.2) is 9.59 Å². The second-order valence-corrected chi connectivity index (χ2v) is 11.7. The van der Waals surface area contributed by atoms with E-state index in [-0.39, 0.29) is 30.3 Å². The van der Waals surface area contributed by atoms with Crippen LogP contribution in [0.5, 0.6) is 0 Å². The largest absolute Gasteiger partial charge is 0.478 e.